The first-order valence-corrected chi connectivity index (χ1v) is 5.34. The van der Waals surface area contributed by atoms with Crippen molar-refractivity contribution < 1.29 is 0 Å². The molecule has 0 aromatic rings. The maximum Gasteiger partial charge on any atom is 0.0964 e. The van der Waals surface area contributed by atoms with Gasteiger partial charge in [-0.05, 0) is 26.3 Å². The van der Waals surface area contributed by atoms with Crippen molar-refractivity contribution >= 4 is 5.84 Å². The van der Waals surface area contributed by atoms with Crippen LogP contribution in [0.5, 0.6) is 0 Å². The molecule has 1 aliphatic carbocycles. The monoisotopic (exact) mass is 181 g/mol. The molecular formula is C10H19N3. The van der Waals surface area contributed by atoms with Crippen LogP contribution < -0.4 is 5.32 Å². The molecule has 0 aromatic heterocycles. The second-order valence-electron chi connectivity index (χ2n) is 4.07. The summed E-state index contributed by atoms with van der Waals surface area (Å²) >= 11 is 0. The summed E-state index contributed by atoms with van der Waals surface area (Å²) in [7, 11) is 2.22. The van der Waals surface area contributed by atoms with Gasteiger partial charge in [0.2, 0.25) is 0 Å². The standard InChI is InChI=1S/C10H19N3/c1-13(9-4-5-9)8-7-12-10-3-2-6-11-10/h9H,2-8H2,1H3,(H,11,12). The van der Waals surface area contributed by atoms with Gasteiger partial charge in [-0.1, -0.05) is 0 Å². The number of hydrogen-bond acceptors (Lipinski definition) is 3. The number of rotatable bonds is 4. The third kappa shape index (κ3) is 2.69. The highest BCUT2D eigenvalue weighted by Crippen LogP contribution is 2.24. The number of amidine groups is 1. The molecule has 0 radical (unpaired) electrons. The number of likely N-dealkylation sites (N-methyl/N-ethyl adjacent to an activating group) is 1. The van der Waals surface area contributed by atoms with Crippen LogP contribution >= 0.6 is 0 Å². The summed E-state index contributed by atoms with van der Waals surface area (Å²) in [4.78, 5) is 6.83. The minimum Gasteiger partial charge on any atom is -0.373 e. The molecular weight excluding hydrogens is 162 g/mol. The Morgan fingerprint density at radius 2 is 2.38 bits per heavy atom. The van der Waals surface area contributed by atoms with Gasteiger partial charge in [-0.3, -0.25) is 4.99 Å². The third-order valence-corrected chi connectivity index (χ3v) is 2.84. The second kappa shape index (κ2) is 4.09. The number of hydrogen-bond donors (Lipinski definition) is 1. The molecule has 1 heterocycles. The van der Waals surface area contributed by atoms with Crippen LogP contribution in [-0.2, 0) is 0 Å². The fraction of sp³-hybridized carbons (Fsp3) is 0.900. The normalized spacial score (nSPS) is 22.2. The Morgan fingerprint density at radius 3 is 3.00 bits per heavy atom. The maximum absolute atomic E-state index is 4.38. The molecule has 3 heteroatoms. The van der Waals surface area contributed by atoms with Crippen molar-refractivity contribution in [3.8, 4) is 0 Å². The molecule has 74 valence electrons. The molecule has 1 saturated carbocycles. The van der Waals surface area contributed by atoms with E-state index < -0.39 is 0 Å². The van der Waals surface area contributed by atoms with Crippen LogP contribution in [0.4, 0.5) is 0 Å². The highest BCUT2D eigenvalue weighted by atomic mass is 15.2. The fourth-order valence-electron chi connectivity index (χ4n) is 1.76. The van der Waals surface area contributed by atoms with Crippen molar-refractivity contribution in [1.82, 2.24) is 10.2 Å². The summed E-state index contributed by atoms with van der Waals surface area (Å²) in [6.07, 6.45) is 5.20. The second-order valence-corrected chi connectivity index (χ2v) is 4.07. The predicted molar refractivity (Wildman–Crippen MR) is 55.2 cm³/mol. The van der Waals surface area contributed by atoms with E-state index in [1.807, 2.05) is 0 Å². The average molecular weight is 181 g/mol. The van der Waals surface area contributed by atoms with Gasteiger partial charge < -0.3 is 10.2 Å². The quantitative estimate of drug-likeness (QED) is 0.696. The van der Waals surface area contributed by atoms with E-state index in [1.54, 1.807) is 0 Å². The third-order valence-electron chi connectivity index (χ3n) is 2.84. The topological polar surface area (TPSA) is 27.6 Å². The number of nitrogens with zero attached hydrogens (tertiary/aromatic N) is 2. The molecule has 3 nitrogen and oxygen atoms in total. The lowest BCUT2D eigenvalue weighted by atomic mass is 10.3. The minimum absolute atomic E-state index is 0.882. The SMILES string of the molecule is CN(CCNC1=NCCC1)C1CC1. The lowest BCUT2D eigenvalue weighted by molar-refractivity contribution is 0.329. The predicted octanol–water partition coefficient (Wildman–Crippen LogP) is 0.862. The zero-order chi connectivity index (χ0) is 9.10. The smallest absolute Gasteiger partial charge is 0.0964 e. The molecule has 0 amide bonds. The Hall–Kier alpha value is -0.570. The van der Waals surface area contributed by atoms with Crippen LogP contribution in [-0.4, -0.2) is 43.5 Å². The van der Waals surface area contributed by atoms with Crippen LogP contribution in [0.15, 0.2) is 4.99 Å². The molecule has 0 spiro atoms. The van der Waals surface area contributed by atoms with Crippen LogP contribution in [0.2, 0.25) is 0 Å². The van der Waals surface area contributed by atoms with Crippen LogP contribution in [0.25, 0.3) is 0 Å². The molecule has 1 N–H and O–H groups in total. The number of aliphatic imine (C=N–C) groups is 1. The molecule has 1 aliphatic heterocycles. The summed E-state index contributed by atoms with van der Waals surface area (Å²) in [5.41, 5.74) is 0. The molecule has 0 unspecified atom stereocenters. The van der Waals surface area contributed by atoms with E-state index in [0.717, 1.165) is 32.1 Å². The first kappa shape index (κ1) is 9.00. The molecule has 0 aromatic carbocycles. The molecule has 1 fully saturated rings. The fourth-order valence-corrected chi connectivity index (χ4v) is 1.76. The van der Waals surface area contributed by atoms with Gasteiger partial charge in [0.15, 0.2) is 0 Å². The van der Waals surface area contributed by atoms with Crippen molar-refractivity contribution in [3.63, 3.8) is 0 Å². The van der Waals surface area contributed by atoms with Crippen molar-refractivity contribution in [1.29, 1.82) is 0 Å². The Kier molecular flexibility index (Phi) is 2.83. The van der Waals surface area contributed by atoms with Crippen molar-refractivity contribution in [2.75, 3.05) is 26.7 Å². The van der Waals surface area contributed by atoms with Crippen LogP contribution in [0, 0.1) is 0 Å². The first-order chi connectivity index (χ1) is 6.36. The van der Waals surface area contributed by atoms with E-state index in [0.29, 0.717) is 0 Å². The van der Waals surface area contributed by atoms with Gasteiger partial charge in [-0.15, -0.1) is 0 Å². The van der Waals surface area contributed by atoms with Crippen molar-refractivity contribution in [2.45, 2.75) is 31.7 Å². The van der Waals surface area contributed by atoms with Gasteiger partial charge in [0, 0.05) is 32.1 Å². The minimum atomic E-state index is 0.882. The highest BCUT2D eigenvalue weighted by Gasteiger charge is 2.25. The summed E-state index contributed by atoms with van der Waals surface area (Å²) in [6.45, 7) is 3.25. The van der Waals surface area contributed by atoms with E-state index in [1.165, 1.54) is 25.1 Å². The van der Waals surface area contributed by atoms with Gasteiger partial charge in [0.05, 0.1) is 5.84 Å². The summed E-state index contributed by atoms with van der Waals surface area (Å²) in [6, 6.07) is 0.882. The molecule has 0 atom stereocenters. The van der Waals surface area contributed by atoms with Crippen molar-refractivity contribution in [2.24, 2.45) is 4.99 Å². The van der Waals surface area contributed by atoms with E-state index >= 15 is 0 Å². The summed E-state index contributed by atoms with van der Waals surface area (Å²) in [5.74, 6) is 1.23. The lowest BCUT2D eigenvalue weighted by Crippen LogP contribution is -2.33. The van der Waals surface area contributed by atoms with Crippen LogP contribution in [0.3, 0.4) is 0 Å². The first-order valence-electron chi connectivity index (χ1n) is 5.34. The van der Waals surface area contributed by atoms with E-state index in [-0.39, 0.29) is 0 Å². The molecule has 0 saturated heterocycles. The van der Waals surface area contributed by atoms with Gasteiger partial charge in [-0.25, -0.2) is 0 Å². The lowest BCUT2D eigenvalue weighted by Gasteiger charge is -2.15. The van der Waals surface area contributed by atoms with Gasteiger partial charge in [0.1, 0.15) is 0 Å². The maximum atomic E-state index is 4.38. The van der Waals surface area contributed by atoms with Gasteiger partial charge >= 0.3 is 0 Å². The average Bonchev–Trinajstić information content (AvgIpc) is 2.86. The summed E-state index contributed by atoms with van der Waals surface area (Å²) < 4.78 is 0. The Morgan fingerprint density at radius 1 is 1.54 bits per heavy atom. The number of nitrogens with one attached hydrogen (secondary N) is 1. The molecule has 2 rings (SSSR count). The Balaban J connectivity index is 1.57. The Bertz CT molecular complexity index is 196. The van der Waals surface area contributed by atoms with E-state index in [4.69, 9.17) is 0 Å². The van der Waals surface area contributed by atoms with Gasteiger partial charge in [0.25, 0.3) is 0 Å². The molecule has 0 bridgehead atoms. The highest BCUT2D eigenvalue weighted by molar-refractivity contribution is 5.83. The van der Waals surface area contributed by atoms with Crippen LogP contribution in [0.1, 0.15) is 25.7 Å². The molecule has 13 heavy (non-hydrogen) atoms. The van der Waals surface area contributed by atoms with Crippen molar-refractivity contribution in [3.05, 3.63) is 0 Å². The van der Waals surface area contributed by atoms with E-state index in [9.17, 15) is 0 Å². The van der Waals surface area contributed by atoms with E-state index in [2.05, 4.69) is 22.3 Å². The zero-order valence-corrected chi connectivity index (χ0v) is 8.42. The molecule has 2 aliphatic rings. The zero-order valence-electron chi connectivity index (χ0n) is 8.42. The van der Waals surface area contributed by atoms with Gasteiger partial charge in [-0.2, -0.15) is 0 Å². The largest absolute Gasteiger partial charge is 0.373 e. The summed E-state index contributed by atoms with van der Waals surface area (Å²) in [5, 5.41) is 3.40. The Labute approximate surface area is 80.2 Å².